The summed E-state index contributed by atoms with van der Waals surface area (Å²) in [4.78, 5) is 11.2. The fourth-order valence-electron chi connectivity index (χ4n) is 2.96. The summed E-state index contributed by atoms with van der Waals surface area (Å²) in [7, 11) is 0. The Morgan fingerprint density at radius 1 is 1.17 bits per heavy atom. The molecule has 2 fully saturated rings. The van der Waals surface area contributed by atoms with Gasteiger partial charge in [0, 0.05) is 12.8 Å². The SMILES string of the molecule is NCC1CC2CC(=O)CC(C1)C2. The van der Waals surface area contributed by atoms with Crippen LogP contribution in [0.2, 0.25) is 0 Å². The molecular formula is C10H17NO. The Kier molecular flexibility index (Phi) is 2.18. The molecule has 0 amide bonds. The van der Waals surface area contributed by atoms with Gasteiger partial charge in [0.05, 0.1) is 0 Å². The molecule has 0 saturated heterocycles. The van der Waals surface area contributed by atoms with Gasteiger partial charge in [-0.15, -0.1) is 0 Å². The van der Waals surface area contributed by atoms with Gasteiger partial charge >= 0.3 is 0 Å². The van der Waals surface area contributed by atoms with Gasteiger partial charge in [0.15, 0.2) is 0 Å². The van der Waals surface area contributed by atoms with Crippen molar-refractivity contribution in [2.45, 2.75) is 32.1 Å². The average molecular weight is 167 g/mol. The zero-order valence-corrected chi connectivity index (χ0v) is 7.46. The molecule has 2 saturated carbocycles. The summed E-state index contributed by atoms with van der Waals surface area (Å²) in [5.74, 6) is 2.56. The highest BCUT2D eigenvalue weighted by Gasteiger charge is 2.34. The van der Waals surface area contributed by atoms with E-state index in [0.717, 1.165) is 19.4 Å². The van der Waals surface area contributed by atoms with E-state index in [2.05, 4.69) is 0 Å². The Morgan fingerprint density at radius 3 is 2.25 bits per heavy atom. The number of ketones is 1. The maximum atomic E-state index is 11.2. The summed E-state index contributed by atoms with van der Waals surface area (Å²) in [6.07, 6.45) is 5.39. The lowest BCUT2D eigenvalue weighted by Crippen LogP contribution is -2.33. The molecule has 2 heteroatoms. The van der Waals surface area contributed by atoms with Crippen molar-refractivity contribution in [3.05, 3.63) is 0 Å². The van der Waals surface area contributed by atoms with Crippen molar-refractivity contribution in [2.24, 2.45) is 23.5 Å². The molecule has 2 N–H and O–H groups in total. The zero-order chi connectivity index (χ0) is 8.55. The largest absolute Gasteiger partial charge is 0.330 e. The summed E-state index contributed by atoms with van der Waals surface area (Å²) in [6, 6.07) is 0. The van der Waals surface area contributed by atoms with Crippen LogP contribution in [0.15, 0.2) is 0 Å². The van der Waals surface area contributed by atoms with Crippen LogP contribution in [0.25, 0.3) is 0 Å². The van der Waals surface area contributed by atoms with Gasteiger partial charge < -0.3 is 5.73 Å². The van der Waals surface area contributed by atoms with E-state index in [4.69, 9.17) is 5.73 Å². The van der Waals surface area contributed by atoms with E-state index in [0.29, 0.717) is 23.5 Å². The normalized spacial score (nSPS) is 41.4. The Hall–Kier alpha value is -0.370. The quantitative estimate of drug-likeness (QED) is 0.640. The molecule has 68 valence electrons. The maximum absolute atomic E-state index is 11.2. The first kappa shape index (κ1) is 8.24. The molecule has 0 aliphatic heterocycles. The molecule has 2 rings (SSSR count). The standard InChI is InChI=1S/C10H17NO/c11-6-9-2-7-1-8(3-9)5-10(12)4-7/h7-9H,1-6,11H2. The van der Waals surface area contributed by atoms with Crippen LogP contribution in [0, 0.1) is 17.8 Å². The molecule has 0 heterocycles. The van der Waals surface area contributed by atoms with Crippen LogP contribution in [0.3, 0.4) is 0 Å². The van der Waals surface area contributed by atoms with E-state index in [1.165, 1.54) is 19.3 Å². The number of carbonyl (C=O) groups is 1. The van der Waals surface area contributed by atoms with Crippen LogP contribution >= 0.6 is 0 Å². The third-order valence-electron chi connectivity index (χ3n) is 3.37. The van der Waals surface area contributed by atoms with Crippen molar-refractivity contribution >= 4 is 5.78 Å². The minimum Gasteiger partial charge on any atom is -0.330 e. The smallest absolute Gasteiger partial charge is 0.133 e. The Balaban J connectivity index is 2.00. The molecule has 2 unspecified atom stereocenters. The van der Waals surface area contributed by atoms with E-state index >= 15 is 0 Å². The van der Waals surface area contributed by atoms with Crippen molar-refractivity contribution < 1.29 is 4.79 Å². The predicted molar refractivity (Wildman–Crippen MR) is 47.6 cm³/mol. The number of nitrogens with two attached hydrogens (primary N) is 1. The molecule has 0 radical (unpaired) electrons. The highest BCUT2D eigenvalue weighted by molar-refractivity contribution is 5.79. The van der Waals surface area contributed by atoms with Crippen LogP contribution < -0.4 is 5.73 Å². The molecule has 0 aromatic heterocycles. The fourth-order valence-corrected chi connectivity index (χ4v) is 2.96. The van der Waals surface area contributed by atoms with Crippen LogP contribution in [0.5, 0.6) is 0 Å². The minimum absolute atomic E-state index is 0.492. The van der Waals surface area contributed by atoms with Crippen molar-refractivity contribution in [1.29, 1.82) is 0 Å². The van der Waals surface area contributed by atoms with Gasteiger partial charge in [-0.1, -0.05) is 0 Å². The van der Waals surface area contributed by atoms with E-state index in [1.807, 2.05) is 0 Å². The lowest BCUT2D eigenvalue weighted by Gasteiger charge is -2.37. The molecule has 2 atom stereocenters. The third kappa shape index (κ3) is 1.53. The molecule has 2 bridgehead atoms. The second-order valence-corrected chi connectivity index (χ2v) is 4.49. The van der Waals surface area contributed by atoms with Gasteiger partial charge in [0.25, 0.3) is 0 Å². The second kappa shape index (κ2) is 3.17. The van der Waals surface area contributed by atoms with Crippen molar-refractivity contribution in [3.63, 3.8) is 0 Å². The number of fused-ring (bicyclic) bond motifs is 2. The molecule has 2 aliphatic carbocycles. The average Bonchev–Trinajstić information content (AvgIpc) is 2.02. The summed E-state index contributed by atoms with van der Waals surface area (Å²) < 4.78 is 0. The molecule has 2 nitrogen and oxygen atoms in total. The van der Waals surface area contributed by atoms with Crippen LogP contribution in [-0.4, -0.2) is 12.3 Å². The number of hydrogen-bond acceptors (Lipinski definition) is 2. The number of carbonyl (C=O) groups excluding carboxylic acids is 1. The molecule has 0 spiro atoms. The monoisotopic (exact) mass is 167 g/mol. The maximum Gasteiger partial charge on any atom is 0.133 e. The van der Waals surface area contributed by atoms with Crippen LogP contribution in [0.4, 0.5) is 0 Å². The molecule has 2 aliphatic rings. The zero-order valence-electron chi connectivity index (χ0n) is 7.46. The van der Waals surface area contributed by atoms with Gasteiger partial charge in [-0.05, 0) is 43.6 Å². The van der Waals surface area contributed by atoms with Gasteiger partial charge in [-0.2, -0.15) is 0 Å². The Morgan fingerprint density at radius 2 is 1.75 bits per heavy atom. The first-order valence-electron chi connectivity index (χ1n) is 4.99. The third-order valence-corrected chi connectivity index (χ3v) is 3.37. The first-order valence-corrected chi connectivity index (χ1v) is 4.99. The summed E-state index contributed by atoms with van der Waals surface area (Å²) in [6.45, 7) is 0.821. The Bertz CT molecular complexity index is 174. The van der Waals surface area contributed by atoms with Gasteiger partial charge in [0.2, 0.25) is 0 Å². The van der Waals surface area contributed by atoms with E-state index in [9.17, 15) is 4.79 Å². The minimum atomic E-state index is 0.492. The van der Waals surface area contributed by atoms with Crippen molar-refractivity contribution in [1.82, 2.24) is 0 Å². The first-order chi connectivity index (χ1) is 5.78. The Labute approximate surface area is 73.5 Å². The van der Waals surface area contributed by atoms with E-state index < -0.39 is 0 Å². The number of hydrogen-bond donors (Lipinski definition) is 1. The van der Waals surface area contributed by atoms with Gasteiger partial charge in [-0.25, -0.2) is 0 Å². The second-order valence-electron chi connectivity index (χ2n) is 4.49. The fraction of sp³-hybridized carbons (Fsp3) is 0.900. The summed E-state index contributed by atoms with van der Waals surface area (Å²) in [5.41, 5.74) is 5.66. The number of rotatable bonds is 1. The highest BCUT2D eigenvalue weighted by Crippen LogP contribution is 2.40. The summed E-state index contributed by atoms with van der Waals surface area (Å²) in [5, 5.41) is 0. The topological polar surface area (TPSA) is 43.1 Å². The molecule has 12 heavy (non-hydrogen) atoms. The van der Waals surface area contributed by atoms with E-state index in [-0.39, 0.29) is 0 Å². The molecule has 0 aromatic carbocycles. The van der Waals surface area contributed by atoms with Gasteiger partial charge in [-0.3, -0.25) is 4.79 Å². The highest BCUT2D eigenvalue weighted by atomic mass is 16.1. The molecule has 0 aromatic rings. The lowest BCUT2D eigenvalue weighted by molar-refractivity contribution is -0.124. The van der Waals surface area contributed by atoms with Crippen molar-refractivity contribution in [2.75, 3.05) is 6.54 Å². The predicted octanol–water partition coefficient (Wildman–Crippen LogP) is 1.34. The lowest BCUT2D eigenvalue weighted by atomic mass is 9.68. The van der Waals surface area contributed by atoms with Crippen molar-refractivity contribution in [3.8, 4) is 0 Å². The van der Waals surface area contributed by atoms with E-state index in [1.54, 1.807) is 0 Å². The molecular weight excluding hydrogens is 150 g/mol. The number of Topliss-reactive ketones (excluding diaryl/α,β-unsaturated/α-hetero) is 1. The van der Waals surface area contributed by atoms with Crippen LogP contribution in [-0.2, 0) is 4.79 Å². The van der Waals surface area contributed by atoms with Crippen LogP contribution in [0.1, 0.15) is 32.1 Å². The summed E-state index contributed by atoms with van der Waals surface area (Å²) >= 11 is 0. The van der Waals surface area contributed by atoms with Gasteiger partial charge in [0.1, 0.15) is 5.78 Å².